The van der Waals surface area contributed by atoms with Crippen LogP contribution in [0, 0.1) is 0 Å². The third-order valence-corrected chi connectivity index (χ3v) is 5.05. The Bertz CT molecular complexity index is 378. The normalized spacial score (nSPS) is 27.7. The Balaban J connectivity index is 1.61. The van der Waals surface area contributed by atoms with E-state index >= 15 is 0 Å². The molecule has 2 aliphatic rings. The van der Waals surface area contributed by atoms with E-state index in [9.17, 15) is 0 Å². The Labute approximate surface area is 119 Å². The van der Waals surface area contributed by atoms with Crippen LogP contribution < -0.4 is 5.73 Å². The molecule has 0 bridgehead atoms. The fraction of sp³-hybridized carbons (Fsp3) is 0.714. The maximum absolute atomic E-state index is 6.00. The summed E-state index contributed by atoms with van der Waals surface area (Å²) in [6.45, 7) is 6.99. The van der Waals surface area contributed by atoms with Crippen molar-refractivity contribution in [3.63, 3.8) is 0 Å². The van der Waals surface area contributed by atoms with Crippen LogP contribution >= 0.6 is 11.3 Å². The fourth-order valence-electron chi connectivity index (χ4n) is 3.25. The minimum absolute atomic E-state index is 0.400. The summed E-state index contributed by atoms with van der Waals surface area (Å²) in [5.74, 6) is 0. The van der Waals surface area contributed by atoms with E-state index in [0.717, 1.165) is 32.8 Å². The molecule has 3 heterocycles. The zero-order chi connectivity index (χ0) is 13.1. The Hall–Kier alpha value is -0.460. The summed E-state index contributed by atoms with van der Waals surface area (Å²) in [7, 11) is 0. The summed E-state index contributed by atoms with van der Waals surface area (Å²) in [5, 5.41) is 4.38. The molecular weight excluding hydrogens is 258 g/mol. The molecule has 0 saturated carbocycles. The van der Waals surface area contributed by atoms with Crippen molar-refractivity contribution >= 4 is 11.3 Å². The van der Waals surface area contributed by atoms with Crippen LogP contribution in [0.15, 0.2) is 16.8 Å². The summed E-state index contributed by atoms with van der Waals surface area (Å²) < 4.78 is 5.44. The van der Waals surface area contributed by atoms with Gasteiger partial charge in [-0.25, -0.2) is 0 Å². The minimum Gasteiger partial charge on any atom is -0.379 e. The first-order chi connectivity index (χ1) is 9.38. The lowest BCUT2D eigenvalue weighted by atomic mass is 10.1. The molecule has 1 aromatic heterocycles. The van der Waals surface area contributed by atoms with Crippen LogP contribution in [-0.4, -0.2) is 61.8 Å². The van der Waals surface area contributed by atoms with Crippen LogP contribution in [0.25, 0.3) is 0 Å². The van der Waals surface area contributed by atoms with Crippen molar-refractivity contribution in [3.05, 3.63) is 22.4 Å². The average Bonchev–Trinajstić information content (AvgIpc) is 3.12. The second-order valence-electron chi connectivity index (χ2n) is 5.39. The van der Waals surface area contributed by atoms with Gasteiger partial charge in [0.15, 0.2) is 0 Å². The minimum atomic E-state index is 0.400. The maximum Gasteiger partial charge on any atom is 0.0594 e. The van der Waals surface area contributed by atoms with Crippen molar-refractivity contribution in [1.82, 2.24) is 9.80 Å². The highest BCUT2D eigenvalue weighted by atomic mass is 32.1. The summed E-state index contributed by atoms with van der Waals surface area (Å²) in [4.78, 5) is 5.15. The zero-order valence-corrected chi connectivity index (χ0v) is 12.1. The molecule has 2 fully saturated rings. The van der Waals surface area contributed by atoms with Crippen molar-refractivity contribution in [3.8, 4) is 0 Å². The van der Waals surface area contributed by atoms with Crippen molar-refractivity contribution in [2.24, 2.45) is 5.73 Å². The highest BCUT2D eigenvalue weighted by Gasteiger charge is 2.32. The van der Waals surface area contributed by atoms with Crippen LogP contribution in [-0.2, 0) is 4.74 Å². The molecule has 5 heteroatoms. The van der Waals surface area contributed by atoms with Gasteiger partial charge in [-0.05, 0) is 28.8 Å². The second kappa shape index (κ2) is 6.33. The average molecular weight is 281 g/mol. The van der Waals surface area contributed by atoms with Crippen LogP contribution in [0.3, 0.4) is 0 Å². The van der Waals surface area contributed by atoms with E-state index in [-0.39, 0.29) is 0 Å². The van der Waals surface area contributed by atoms with Crippen molar-refractivity contribution in [2.45, 2.75) is 18.5 Å². The molecule has 2 saturated heterocycles. The molecule has 2 unspecified atom stereocenters. The van der Waals surface area contributed by atoms with Crippen LogP contribution in [0.1, 0.15) is 18.0 Å². The zero-order valence-electron chi connectivity index (χ0n) is 11.3. The lowest BCUT2D eigenvalue weighted by molar-refractivity contribution is 0.0176. The third-order valence-electron chi connectivity index (χ3n) is 4.35. The molecule has 0 aliphatic carbocycles. The highest BCUT2D eigenvalue weighted by Crippen LogP contribution is 2.27. The first kappa shape index (κ1) is 13.5. The Kier molecular flexibility index (Phi) is 4.50. The number of likely N-dealkylation sites (tertiary alicyclic amines) is 1. The molecule has 19 heavy (non-hydrogen) atoms. The summed E-state index contributed by atoms with van der Waals surface area (Å²) in [6.07, 6.45) is 1.26. The van der Waals surface area contributed by atoms with Gasteiger partial charge in [0.1, 0.15) is 0 Å². The first-order valence-corrected chi connectivity index (χ1v) is 8.11. The van der Waals surface area contributed by atoms with Crippen molar-refractivity contribution in [1.29, 1.82) is 0 Å². The van der Waals surface area contributed by atoms with Crippen LogP contribution in [0.5, 0.6) is 0 Å². The molecule has 2 aliphatic heterocycles. The predicted molar refractivity (Wildman–Crippen MR) is 78.5 cm³/mol. The first-order valence-electron chi connectivity index (χ1n) is 7.16. The second-order valence-corrected chi connectivity index (χ2v) is 6.17. The van der Waals surface area contributed by atoms with Gasteiger partial charge in [0.25, 0.3) is 0 Å². The van der Waals surface area contributed by atoms with Crippen molar-refractivity contribution in [2.75, 3.05) is 45.9 Å². The largest absolute Gasteiger partial charge is 0.379 e. The van der Waals surface area contributed by atoms with Gasteiger partial charge in [0.05, 0.1) is 13.2 Å². The van der Waals surface area contributed by atoms with Crippen molar-refractivity contribution < 1.29 is 4.74 Å². The number of morpholine rings is 1. The van der Waals surface area contributed by atoms with Gasteiger partial charge in [-0.1, -0.05) is 0 Å². The Morgan fingerprint density at radius 2 is 2.21 bits per heavy atom. The monoisotopic (exact) mass is 281 g/mol. The van der Waals surface area contributed by atoms with Gasteiger partial charge in [-0.15, -0.1) is 0 Å². The highest BCUT2D eigenvalue weighted by molar-refractivity contribution is 7.07. The Morgan fingerprint density at radius 3 is 2.89 bits per heavy atom. The van der Waals surface area contributed by atoms with Crippen LogP contribution in [0.4, 0.5) is 0 Å². The lowest BCUT2D eigenvalue weighted by Crippen LogP contribution is -2.45. The van der Waals surface area contributed by atoms with Gasteiger partial charge in [0.2, 0.25) is 0 Å². The van der Waals surface area contributed by atoms with E-state index in [4.69, 9.17) is 10.5 Å². The molecule has 0 aromatic carbocycles. The van der Waals surface area contributed by atoms with E-state index < -0.39 is 0 Å². The van der Waals surface area contributed by atoms with Gasteiger partial charge < -0.3 is 10.5 Å². The van der Waals surface area contributed by atoms with E-state index in [1.807, 2.05) is 0 Å². The van der Waals surface area contributed by atoms with E-state index in [1.54, 1.807) is 11.3 Å². The maximum atomic E-state index is 6.00. The van der Waals surface area contributed by atoms with E-state index in [0.29, 0.717) is 18.6 Å². The number of hydrogen-bond donors (Lipinski definition) is 1. The standard InChI is InChI=1S/C14H23N3OS/c15-9-14(12-2-8-19-11-12)17-3-1-13(10-17)16-4-6-18-7-5-16/h2,8,11,13-14H,1,3-7,9-10,15H2. The third kappa shape index (κ3) is 3.01. The quantitative estimate of drug-likeness (QED) is 0.899. The number of thiophene rings is 1. The molecule has 1 aromatic rings. The van der Waals surface area contributed by atoms with Gasteiger partial charge in [-0.3, -0.25) is 9.80 Å². The summed E-state index contributed by atoms with van der Waals surface area (Å²) in [5.41, 5.74) is 7.38. The molecule has 106 valence electrons. The number of nitrogens with zero attached hydrogens (tertiary/aromatic N) is 2. The molecule has 4 nitrogen and oxygen atoms in total. The van der Waals surface area contributed by atoms with Gasteiger partial charge >= 0.3 is 0 Å². The number of rotatable bonds is 4. The van der Waals surface area contributed by atoms with E-state index in [1.165, 1.54) is 18.5 Å². The molecule has 2 atom stereocenters. The molecule has 0 radical (unpaired) electrons. The molecular formula is C14H23N3OS. The topological polar surface area (TPSA) is 41.7 Å². The fourth-order valence-corrected chi connectivity index (χ4v) is 3.96. The Morgan fingerprint density at radius 1 is 1.37 bits per heavy atom. The van der Waals surface area contributed by atoms with E-state index in [2.05, 4.69) is 26.6 Å². The van der Waals surface area contributed by atoms with Crippen LogP contribution in [0.2, 0.25) is 0 Å². The molecule has 0 amide bonds. The molecule has 3 rings (SSSR count). The number of nitrogens with two attached hydrogens (primary N) is 1. The molecule has 0 spiro atoms. The summed E-state index contributed by atoms with van der Waals surface area (Å²) >= 11 is 1.76. The number of hydrogen-bond acceptors (Lipinski definition) is 5. The summed E-state index contributed by atoms with van der Waals surface area (Å²) in [6, 6.07) is 3.30. The predicted octanol–water partition coefficient (Wildman–Crippen LogP) is 1.15. The lowest BCUT2D eigenvalue weighted by Gasteiger charge is -2.33. The molecule has 2 N–H and O–H groups in total. The smallest absolute Gasteiger partial charge is 0.0594 e. The SMILES string of the molecule is NCC(c1ccsc1)N1CCC(N2CCOCC2)C1. The van der Waals surface area contributed by atoms with Gasteiger partial charge in [0, 0.05) is 44.8 Å². The van der Waals surface area contributed by atoms with Gasteiger partial charge in [-0.2, -0.15) is 11.3 Å². The number of ether oxygens (including phenoxy) is 1.